The molecule has 1 atom stereocenters. The average Bonchev–Trinajstić information content (AvgIpc) is 3.46. The van der Waals surface area contributed by atoms with Crippen molar-refractivity contribution in [2.75, 3.05) is 13.2 Å². The fourth-order valence-corrected chi connectivity index (χ4v) is 9.20. The van der Waals surface area contributed by atoms with E-state index in [0.29, 0.717) is 19.3 Å². The average molecular weight is 1110 g/mol. The Morgan fingerprint density at radius 1 is 0.263 bits per heavy atom. The predicted octanol–water partition coefficient (Wildman–Crippen LogP) is 23.2. The topological polar surface area (TPSA) is 78.9 Å². The van der Waals surface area contributed by atoms with Gasteiger partial charge in [0.1, 0.15) is 13.2 Å². The monoisotopic (exact) mass is 1110 g/mol. The van der Waals surface area contributed by atoms with Crippen molar-refractivity contribution in [3.8, 4) is 0 Å². The molecule has 0 rings (SSSR count). The number of carbonyl (C=O) groups is 3. The van der Waals surface area contributed by atoms with E-state index in [1.54, 1.807) is 0 Å². The van der Waals surface area contributed by atoms with Gasteiger partial charge in [-0.2, -0.15) is 0 Å². The zero-order chi connectivity index (χ0) is 57.8. The summed E-state index contributed by atoms with van der Waals surface area (Å²) in [6, 6.07) is 0. The molecular weight excluding hydrogens is 985 g/mol. The maximum atomic E-state index is 12.9. The Morgan fingerprint density at radius 2 is 0.487 bits per heavy atom. The van der Waals surface area contributed by atoms with Crippen molar-refractivity contribution in [3.63, 3.8) is 0 Å². The lowest BCUT2D eigenvalue weighted by Crippen LogP contribution is -2.30. The van der Waals surface area contributed by atoms with E-state index in [4.69, 9.17) is 14.2 Å². The molecule has 0 aliphatic carbocycles. The minimum Gasteiger partial charge on any atom is -0.462 e. The fraction of sp³-hybridized carbons (Fsp3) is 0.689. The quantitative estimate of drug-likeness (QED) is 0.0261. The van der Waals surface area contributed by atoms with Gasteiger partial charge in [-0.15, -0.1) is 0 Å². The molecule has 0 heterocycles. The van der Waals surface area contributed by atoms with Crippen molar-refractivity contribution in [1.29, 1.82) is 0 Å². The molecule has 6 heteroatoms. The number of hydrogen-bond donors (Lipinski definition) is 0. The molecule has 0 aromatic rings. The normalized spacial score (nSPS) is 12.9. The van der Waals surface area contributed by atoms with Crippen LogP contribution in [-0.2, 0) is 28.6 Å². The summed E-state index contributed by atoms with van der Waals surface area (Å²) in [5.41, 5.74) is 0. The molecule has 80 heavy (non-hydrogen) atoms. The summed E-state index contributed by atoms with van der Waals surface area (Å²) in [5.74, 6) is -0.910. The third-order valence-corrected chi connectivity index (χ3v) is 14.2. The van der Waals surface area contributed by atoms with E-state index in [1.807, 2.05) is 0 Å². The van der Waals surface area contributed by atoms with Gasteiger partial charge < -0.3 is 14.2 Å². The maximum Gasteiger partial charge on any atom is 0.306 e. The molecule has 1 unspecified atom stereocenters. The van der Waals surface area contributed by atoms with Crippen molar-refractivity contribution in [2.24, 2.45) is 0 Å². The highest BCUT2D eigenvalue weighted by Gasteiger charge is 2.19. The molecule has 0 radical (unpaired) electrons. The van der Waals surface area contributed by atoms with Gasteiger partial charge >= 0.3 is 17.9 Å². The number of hydrogen-bond acceptors (Lipinski definition) is 6. The van der Waals surface area contributed by atoms with Gasteiger partial charge in [0.15, 0.2) is 6.10 Å². The molecule has 0 aliphatic rings. The van der Waals surface area contributed by atoms with Gasteiger partial charge in [-0.25, -0.2) is 0 Å². The first-order valence-corrected chi connectivity index (χ1v) is 33.5. The second-order valence-electron chi connectivity index (χ2n) is 22.0. The number of ether oxygens (including phenoxy) is 3. The smallest absolute Gasteiger partial charge is 0.306 e. The summed E-state index contributed by atoms with van der Waals surface area (Å²) < 4.78 is 16.8. The van der Waals surface area contributed by atoms with Crippen molar-refractivity contribution >= 4 is 17.9 Å². The second-order valence-corrected chi connectivity index (χ2v) is 22.0. The second kappa shape index (κ2) is 67.3. The molecular formula is C74H124O6. The van der Waals surface area contributed by atoms with Gasteiger partial charge in [0.2, 0.25) is 0 Å². The lowest BCUT2D eigenvalue weighted by molar-refractivity contribution is -0.167. The Balaban J connectivity index is 4.14. The summed E-state index contributed by atoms with van der Waals surface area (Å²) in [5, 5.41) is 0. The molecule has 0 aliphatic heterocycles. The van der Waals surface area contributed by atoms with E-state index in [1.165, 1.54) is 135 Å². The lowest BCUT2D eigenvalue weighted by atomic mass is 10.0. The summed E-state index contributed by atoms with van der Waals surface area (Å²) in [7, 11) is 0. The number of carbonyl (C=O) groups excluding carboxylic acids is 3. The molecule has 0 fully saturated rings. The molecule has 0 aromatic carbocycles. The summed E-state index contributed by atoms with van der Waals surface area (Å²) in [6.45, 7) is 6.47. The van der Waals surface area contributed by atoms with Crippen LogP contribution in [0, 0.1) is 0 Å². The van der Waals surface area contributed by atoms with Crippen LogP contribution >= 0.6 is 0 Å². The van der Waals surface area contributed by atoms with E-state index in [0.717, 1.165) is 135 Å². The highest BCUT2D eigenvalue weighted by atomic mass is 16.6. The van der Waals surface area contributed by atoms with Crippen molar-refractivity contribution < 1.29 is 28.6 Å². The van der Waals surface area contributed by atoms with E-state index < -0.39 is 6.10 Å². The fourth-order valence-electron chi connectivity index (χ4n) is 9.20. The molecule has 0 N–H and O–H groups in total. The zero-order valence-corrected chi connectivity index (χ0v) is 52.3. The van der Waals surface area contributed by atoms with Gasteiger partial charge in [0, 0.05) is 19.3 Å². The first kappa shape index (κ1) is 75.8. The third-order valence-electron chi connectivity index (χ3n) is 14.2. The summed E-state index contributed by atoms with van der Waals surface area (Å²) >= 11 is 0. The Kier molecular flexibility index (Phi) is 63.8. The first-order chi connectivity index (χ1) is 39.5. The van der Waals surface area contributed by atoms with Gasteiger partial charge in [0.05, 0.1) is 0 Å². The Labute approximate surface area is 494 Å². The number of allylic oxidation sites excluding steroid dienone is 20. The van der Waals surface area contributed by atoms with E-state index in [-0.39, 0.29) is 31.1 Å². The van der Waals surface area contributed by atoms with E-state index in [9.17, 15) is 14.4 Å². The van der Waals surface area contributed by atoms with Gasteiger partial charge in [0.25, 0.3) is 0 Å². The molecule has 0 aromatic heterocycles. The van der Waals surface area contributed by atoms with E-state index >= 15 is 0 Å². The van der Waals surface area contributed by atoms with E-state index in [2.05, 4.69) is 142 Å². The minimum atomic E-state index is -0.786. The molecule has 0 amide bonds. The van der Waals surface area contributed by atoms with Crippen LogP contribution < -0.4 is 0 Å². The SMILES string of the molecule is CC/C=C\C/C=C\C/C=C\C/C=C\C/C=C\C/C=C\C/C=C\C/C=C\C/C=C\CCCCCCCC(=O)OCC(COC(=O)CCCCCCCC)OC(=O)CCCCCCCCCCCCC/C=C\CCCCCCCCCC. The molecule has 0 bridgehead atoms. The van der Waals surface area contributed by atoms with Crippen LogP contribution in [0.2, 0.25) is 0 Å². The highest BCUT2D eigenvalue weighted by molar-refractivity contribution is 5.71. The summed E-state index contributed by atoms with van der Waals surface area (Å²) in [4.78, 5) is 38.0. The lowest BCUT2D eigenvalue weighted by Gasteiger charge is -2.18. The molecule has 0 saturated carbocycles. The van der Waals surface area contributed by atoms with Crippen molar-refractivity contribution in [3.05, 3.63) is 122 Å². The van der Waals surface area contributed by atoms with Crippen LogP contribution in [0.15, 0.2) is 122 Å². The standard InChI is InChI=1S/C74H124O6/c1-4-7-10-13-16-18-20-22-24-26-28-30-32-33-34-35-36-37-38-39-40-41-43-44-46-48-50-52-54-56-58-61-64-67-73(76)79-70-71(69-78-72(75)66-63-60-15-12-9-6-3)80-74(77)68-65-62-59-57-55-53-51-49-47-45-42-31-29-27-25-23-21-19-17-14-11-8-5-2/h7,10,16,18,22,24,27-30,33-34,36-37,39-40,43-44,48,50,71H,4-6,8-9,11-15,17,19-21,23,25-26,31-32,35,38,41-42,45-47,49,51-70H2,1-3H3/b10-7-,18-16-,24-22-,29-27-,30-28-,34-33-,37-36-,40-39-,44-43-,50-48-. The molecule has 456 valence electrons. The predicted molar refractivity (Wildman–Crippen MR) is 348 cm³/mol. The minimum absolute atomic E-state index is 0.0848. The van der Waals surface area contributed by atoms with Crippen molar-refractivity contribution in [2.45, 2.75) is 316 Å². The zero-order valence-electron chi connectivity index (χ0n) is 52.3. The van der Waals surface area contributed by atoms with Crippen LogP contribution in [0.3, 0.4) is 0 Å². The van der Waals surface area contributed by atoms with Gasteiger partial charge in [-0.3, -0.25) is 14.4 Å². The Hall–Kier alpha value is -4.19. The Bertz CT molecular complexity index is 1650. The largest absolute Gasteiger partial charge is 0.462 e. The van der Waals surface area contributed by atoms with Gasteiger partial charge in [-0.05, 0) is 116 Å². The van der Waals surface area contributed by atoms with Gasteiger partial charge in [-0.1, -0.05) is 296 Å². The van der Waals surface area contributed by atoms with Crippen LogP contribution in [0.5, 0.6) is 0 Å². The van der Waals surface area contributed by atoms with Crippen LogP contribution in [0.25, 0.3) is 0 Å². The number of esters is 3. The molecule has 0 saturated heterocycles. The van der Waals surface area contributed by atoms with Crippen LogP contribution in [0.1, 0.15) is 310 Å². The third kappa shape index (κ3) is 64.6. The van der Waals surface area contributed by atoms with Crippen molar-refractivity contribution in [1.82, 2.24) is 0 Å². The maximum absolute atomic E-state index is 12.9. The highest BCUT2D eigenvalue weighted by Crippen LogP contribution is 2.16. The Morgan fingerprint density at radius 3 is 0.775 bits per heavy atom. The number of rotatable bonds is 60. The summed E-state index contributed by atoms with van der Waals surface area (Å²) in [6.07, 6.45) is 93.9. The molecule has 0 spiro atoms. The number of unbranched alkanes of at least 4 members (excludes halogenated alkanes) is 29. The molecule has 6 nitrogen and oxygen atoms in total. The van der Waals surface area contributed by atoms with Crippen LogP contribution in [-0.4, -0.2) is 37.2 Å². The van der Waals surface area contributed by atoms with Crippen LogP contribution in [0.4, 0.5) is 0 Å². The first-order valence-electron chi connectivity index (χ1n) is 33.5.